The Kier molecular flexibility index (Phi) is 4.78. The Morgan fingerprint density at radius 2 is 1.83 bits per heavy atom. The summed E-state index contributed by atoms with van der Waals surface area (Å²) in [7, 11) is 0. The van der Waals surface area contributed by atoms with Crippen LogP contribution < -0.4 is 14.8 Å². The van der Waals surface area contributed by atoms with Crippen molar-refractivity contribution in [3.63, 3.8) is 0 Å². The van der Waals surface area contributed by atoms with Crippen molar-refractivity contribution in [3.8, 4) is 0 Å². The molecule has 0 radical (unpaired) electrons. The van der Waals surface area contributed by atoms with Gasteiger partial charge in [0.1, 0.15) is 5.01 Å². The number of Topliss-reactive ketones (excluding diaryl/α,β-unsaturated/α-hetero) is 1. The first-order valence-corrected chi connectivity index (χ1v) is 9.03. The molecule has 0 bridgehead atoms. The summed E-state index contributed by atoms with van der Waals surface area (Å²) < 4.78 is 1.14. The molecule has 0 atom stereocenters. The molecule has 1 N–H and O–H groups in total. The van der Waals surface area contributed by atoms with E-state index in [0.717, 1.165) is 5.01 Å². The predicted octanol–water partition coefficient (Wildman–Crippen LogP) is 2.41. The predicted molar refractivity (Wildman–Crippen MR) is 97.5 cm³/mol. The number of nitrogens with one attached hydrogen (secondary N) is 1. The third kappa shape index (κ3) is 4.48. The number of hydrogen-bond donors (Lipinski definition) is 1. The van der Waals surface area contributed by atoms with Crippen LogP contribution in [0.3, 0.4) is 0 Å². The Bertz CT molecular complexity index is 887. The summed E-state index contributed by atoms with van der Waals surface area (Å²) in [4.78, 5) is 32.4. The van der Waals surface area contributed by atoms with Gasteiger partial charge >= 0.3 is 0 Å². The molecule has 4 nitrogen and oxygen atoms in total. The Morgan fingerprint density at radius 1 is 1.17 bits per heavy atom. The zero-order valence-electron chi connectivity index (χ0n) is 14.3. The van der Waals surface area contributed by atoms with Crippen LogP contribution in [0.25, 0.3) is 12.2 Å². The van der Waals surface area contributed by atoms with Gasteiger partial charge in [0.05, 0.1) is 9.20 Å². The van der Waals surface area contributed by atoms with Crippen molar-refractivity contribution in [1.29, 1.82) is 0 Å². The second kappa shape index (κ2) is 6.17. The first-order chi connectivity index (χ1) is 10.5. The first kappa shape index (κ1) is 17.8. The third-order valence-electron chi connectivity index (χ3n) is 3.20. The van der Waals surface area contributed by atoms with E-state index in [1.165, 1.54) is 22.3 Å². The van der Waals surface area contributed by atoms with Crippen LogP contribution in [0.15, 0.2) is 11.0 Å². The highest BCUT2D eigenvalue weighted by Crippen LogP contribution is 2.27. The molecule has 2 heterocycles. The summed E-state index contributed by atoms with van der Waals surface area (Å²) in [5, 5.41) is 0.802. The number of H-pyrrole nitrogens is 1. The summed E-state index contributed by atoms with van der Waals surface area (Å²) in [6, 6.07) is 0. The van der Waals surface area contributed by atoms with E-state index in [4.69, 9.17) is 0 Å². The van der Waals surface area contributed by atoms with Gasteiger partial charge in [-0.25, -0.2) is 4.98 Å². The molecule has 6 heteroatoms. The van der Waals surface area contributed by atoms with E-state index >= 15 is 0 Å². The summed E-state index contributed by atoms with van der Waals surface area (Å²) in [5.41, 5.74) is -0.596. The molecule has 0 spiro atoms. The number of hydrogen-bond acceptors (Lipinski definition) is 5. The highest BCUT2D eigenvalue weighted by Gasteiger charge is 2.19. The van der Waals surface area contributed by atoms with Crippen LogP contribution in [0.2, 0.25) is 0 Å². The average Bonchev–Trinajstić information content (AvgIpc) is 2.96. The smallest absolute Gasteiger partial charge is 0.266 e. The second-order valence-corrected chi connectivity index (χ2v) is 9.65. The fourth-order valence-electron chi connectivity index (χ4n) is 1.67. The molecule has 2 aromatic heterocycles. The molecule has 0 aliphatic rings. The van der Waals surface area contributed by atoms with Crippen molar-refractivity contribution in [3.05, 3.63) is 35.6 Å². The van der Waals surface area contributed by atoms with Crippen LogP contribution >= 0.6 is 22.7 Å². The Hall–Kier alpha value is -1.53. The maximum Gasteiger partial charge on any atom is 0.266 e. The van der Waals surface area contributed by atoms with Crippen LogP contribution in [-0.4, -0.2) is 15.8 Å². The SMILES string of the molecule is CC(C)(C)C(=O)/C=c1\[nH]c(=O)/c(=C\c2ncc(C(C)(C)C)s2)s1. The molecule has 0 fully saturated rings. The minimum absolute atomic E-state index is 0.00850. The fourth-order valence-corrected chi connectivity index (χ4v) is 3.53. The van der Waals surface area contributed by atoms with Gasteiger partial charge in [-0.1, -0.05) is 41.5 Å². The van der Waals surface area contributed by atoms with Gasteiger partial charge in [0.25, 0.3) is 5.56 Å². The largest absolute Gasteiger partial charge is 0.313 e. The highest BCUT2D eigenvalue weighted by molar-refractivity contribution is 7.13. The molecule has 2 aromatic rings. The topological polar surface area (TPSA) is 62.8 Å². The van der Waals surface area contributed by atoms with Gasteiger partial charge < -0.3 is 4.98 Å². The van der Waals surface area contributed by atoms with Crippen molar-refractivity contribution >= 4 is 40.6 Å². The van der Waals surface area contributed by atoms with Gasteiger partial charge in [-0.3, -0.25) is 9.59 Å². The quantitative estimate of drug-likeness (QED) is 0.905. The van der Waals surface area contributed by atoms with Crippen LogP contribution in [-0.2, 0) is 10.2 Å². The van der Waals surface area contributed by atoms with Gasteiger partial charge in [-0.15, -0.1) is 22.7 Å². The van der Waals surface area contributed by atoms with Crippen molar-refractivity contribution < 1.29 is 4.79 Å². The van der Waals surface area contributed by atoms with E-state index in [0.29, 0.717) is 9.20 Å². The molecule has 0 aliphatic carbocycles. The number of rotatable bonds is 2. The minimum atomic E-state index is -0.457. The number of carbonyl (C=O) groups excluding carboxylic acids is 1. The zero-order valence-corrected chi connectivity index (χ0v) is 15.9. The lowest BCUT2D eigenvalue weighted by Crippen LogP contribution is -2.22. The third-order valence-corrected chi connectivity index (χ3v) is 5.53. The minimum Gasteiger partial charge on any atom is -0.313 e. The molecule has 0 saturated heterocycles. The molecule has 124 valence electrons. The molecule has 2 rings (SSSR count). The lowest BCUT2D eigenvalue weighted by Gasteiger charge is -2.14. The van der Waals surface area contributed by atoms with E-state index in [2.05, 4.69) is 30.7 Å². The second-order valence-electron chi connectivity index (χ2n) is 7.50. The number of carbonyl (C=O) groups is 1. The van der Waals surface area contributed by atoms with Crippen molar-refractivity contribution in [2.24, 2.45) is 5.41 Å². The molecular weight excluding hydrogens is 328 g/mol. The van der Waals surface area contributed by atoms with E-state index in [1.807, 2.05) is 27.0 Å². The molecule has 0 aliphatic heterocycles. The van der Waals surface area contributed by atoms with E-state index < -0.39 is 5.41 Å². The van der Waals surface area contributed by atoms with Crippen LogP contribution in [0.1, 0.15) is 51.4 Å². The van der Waals surface area contributed by atoms with E-state index in [-0.39, 0.29) is 16.8 Å². The van der Waals surface area contributed by atoms with E-state index in [9.17, 15) is 9.59 Å². The number of nitrogens with zero attached hydrogens (tertiary/aromatic N) is 1. The van der Waals surface area contributed by atoms with Crippen LogP contribution in [0, 0.1) is 5.41 Å². The maximum atomic E-state index is 12.0. The standard InChI is InChI=1S/C17H22N2O2S2/c1-16(2,3)11(20)8-14-19-15(21)10(22-14)7-13-18-9-12(23-13)17(4,5)6/h7-9H,1-6H3,(H,19,21)/b10-7+,14-8+. The first-order valence-electron chi connectivity index (χ1n) is 7.40. The molecule has 0 amide bonds. The molecule has 0 saturated carbocycles. The van der Waals surface area contributed by atoms with Gasteiger partial charge in [0.15, 0.2) is 5.78 Å². The molecular formula is C17H22N2O2S2. The Labute approximate surface area is 143 Å². The van der Waals surface area contributed by atoms with Crippen LogP contribution in [0.5, 0.6) is 0 Å². The van der Waals surface area contributed by atoms with E-state index in [1.54, 1.807) is 17.4 Å². The van der Waals surface area contributed by atoms with Crippen LogP contribution in [0.4, 0.5) is 0 Å². The number of aromatic nitrogens is 2. The molecule has 0 unspecified atom stereocenters. The Morgan fingerprint density at radius 3 is 2.35 bits per heavy atom. The summed E-state index contributed by atoms with van der Waals surface area (Å²) in [6.45, 7) is 12.0. The average molecular weight is 351 g/mol. The van der Waals surface area contributed by atoms with Crippen molar-refractivity contribution in [1.82, 2.24) is 9.97 Å². The normalized spacial score (nSPS) is 14.5. The molecule has 0 aromatic carbocycles. The van der Waals surface area contributed by atoms with Crippen molar-refractivity contribution in [2.75, 3.05) is 0 Å². The van der Waals surface area contributed by atoms with Gasteiger partial charge in [0.2, 0.25) is 0 Å². The summed E-state index contributed by atoms with van der Waals surface area (Å²) >= 11 is 2.86. The molecule has 23 heavy (non-hydrogen) atoms. The van der Waals surface area contributed by atoms with Gasteiger partial charge in [0, 0.05) is 22.6 Å². The maximum absolute atomic E-state index is 12.0. The lowest BCUT2D eigenvalue weighted by atomic mass is 9.91. The number of aromatic amines is 1. The summed E-state index contributed by atoms with van der Waals surface area (Å²) in [6.07, 6.45) is 5.14. The fraction of sp³-hybridized carbons (Fsp3) is 0.471. The highest BCUT2D eigenvalue weighted by atomic mass is 32.1. The summed E-state index contributed by atoms with van der Waals surface area (Å²) in [5.74, 6) is -0.00850. The van der Waals surface area contributed by atoms with Crippen molar-refractivity contribution in [2.45, 2.75) is 47.0 Å². The lowest BCUT2D eigenvalue weighted by molar-refractivity contribution is -0.119. The monoisotopic (exact) mass is 350 g/mol. The Balaban J connectivity index is 2.43. The van der Waals surface area contributed by atoms with Gasteiger partial charge in [-0.2, -0.15) is 0 Å². The zero-order chi connectivity index (χ0) is 17.4. The number of thiazole rings is 2. The van der Waals surface area contributed by atoms with Gasteiger partial charge in [-0.05, 0) is 11.5 Å². The number of ketones is 1.